The van der Waals surface area contributed by atoms with Crippen molar-refractivity contribution in [3.63, 3.8) is 0 Å². The minimum absolute atomic E-state index is 0.149. The van der Waals surface area contributed by atoms with Crippen molar-refractivity contribution in [1.82, 2.24) is 25.5 Å². The highest BCUT2D eigenvalue weighted by molar-refractivity contribution is 6.08. The Labute approximate surface area is 282 Å². The third-order valence-electron chi connectivity index (χ3n) is 8.43. The number of nitrogens with zero attached hydrogens (tertiary/aromatic N) is 3. The number of alkyl halides is 6. The first-order valence-corrected chi connectivity index (χ1v) is 15.8. The summed E-state index contributed by atoms with van der Waals surface area (Å²) in [4.78, 5) is 36.9. The Hall–Kier alpha value is -5.30. The summed E-state index contributed by atoms with van der Waals surface area (Å²) < 4.78 is 79.4. The molecule has 2 amide bonds. The molecule has 258 valence electrons. The summed E-state index contributed by atoms with van der Waals surface area (Å²) in [7, 11) is 1.91. The molecule has 0 bridgehead atoms. The Morgan fingerprint density at radius 2 is 1.02 bits per heavy atom. The number of amides is 2. The van der Waals surface area contributed by atoms with Crippen LogP contribution >= 0.6 is 0 Å². The van der Waals surface area contributed by atoms with Gasteiger partial charge in [-0.15, -0.1) is 0 Å². The van der Waals surface area contributed by atoms with E-state index in [1.807, 2.05) is 11.9 Å². The predicted octanol–water partition coefficient (Wildman–Crippen LogP) is 8.00. The molecule has 0 aliphatic heterocycles. The molecular weight excluding hydrogens is 660 g/mol. The van der Waals surface area contributed by atoms with Gasteiger partial charge in [0, 0.05) is 34.6 Å². The molecule has 0 radical (unpaired) electrons. The van der Waals surface area contributed by atoms with Crippen molar-refractivity contribution in [2.24, 2.45) is 0 Å². The second-order valence-electron chi connectivity index (χ2n) is 12.1. The first kappa shape index (κ1) is 34.6. The summed E-state index contributed by atoms with van der Waals surface area (Å²) >= 11 is 0. The summed E-state index contributed by atoms with van der Waals surface area (Å²) in [5, 5.41) is 8.08. The van der Waals surface area contributed by atoms with Gasteiger partial charge in [0.05, 0.1) is 44.3 Å². The Kier molecular flexibility index (Phi) is 9.61. The number of nitrogens with one attached hydrogen (secondary N) is 2. The van der Waals surface area contributed by atoms with Crippen LogP contribution in [-0.2, 0) is 12.4 Å². The van der Waals surface area contributed by atoms with Crippen molar-refractivity contribution in [3.05, 3.63) is 107 Å². The van der Waals surface area contributed by atoms with Crippen LogP contribution in [-0.4, -0.2) is 59.9 Å². The Balaban J connectivity index is 0.988. The van der Waals surface area contributed by atoms with E-state index in [0.717, 1.165) is 24.3 Å². The van der Waals surface area contributed by atoms with Crippen molar-refractivity contribution in [2.75, 3.05) is 33.2 Å². The fourth-order valence-corrected chi connectivity index (χ4v) is 5.83. The molecule has 2 heterocycles. The molecule has 50 heavy (non-hydrogen) atoms. The first-order valence-electron chi connectivity index (χ1n) is 15.8. The lowest BCUT2D eigenvalue weighted by Gasteiger charge is -2.17. The number of benzene rings is 4. The molecule has 2 N–H and O–H groups in total. The molecular formula is C37H31F6N5O2. The number of fused-ring (bicyclic) bond motifs is 4. The maximum Gasteiger partial charge on any atom is 0.416 e. The minimum Gasteiger partial charge on any atom is -0.352 e. The number of hydrogen-bond acceptors (Lipinski definition) is 5. The smallest absolute Gasteiger partial charge is 0.352 e. The van der Waals surface area contributed by atoms with E-state index in [9.17, 15) is 35.9 Å². The number of pyridine rings is 2. The van der Waals surface area contributed by atoms with Crippen LogP contribution in [0, 0.1) is 0 Å². The number of aromatic nitrogens is 2. The predicted molar refractivity (Wildman–Crippen MR) is 180 cm³/mol. The van der Waals surface area contributed by atoms with Crippen molar-refractivity contribution in [3.8, 4) is 0 Å². The number of halogens is 6. The van der Waals surface area contributed by atoms with Crippen molar-refractivity contribution < 1.29 is 35.9 Å². The highest BCUT2D eigenvalue weighted by Crippen LogP contribution is 2.33. The third-order valence-corrected chi connectivity index (χ3v) is 8.43. The number of hydrogen-bond donors (Lipinski definition) is 2. The number of para-hydroxylation sites is 2. The molecule has 0 saturated heterocycles. The van der Waals surface area contributed by atoms with E-state index in [2.05, 4.69) is 20.6 Å². The van der Waals surface area contributed by atoms with Crippen LogP contribution in [0.1, 0.15) is 44.7 Å². The van der Waals surface area contributed by atoms with E-state index in [-0.39, 0.29) is 34.0 Å². The summed E-state index contributed by atoms with van der Waals surface area (Å²) in [5.41, 5.74) is -0.146. The van der Waals surface area contributed by atoms with Crippen molar-refractivity contribution >= 4 is 55.4 Å². The van der Waals surface area contributed by atoms with Gasteiger partial charge in [-0.05, 0) is 81.5 Å². The van der Waals surface area contributed by atoms with Crippen molar-refractivity contribution in [1.29, 1.82) is 0 Å². The number of rotatable bonds is 10. The summed E-state index contributed by atoms with van der Waals surface area (Å²) in [6.45, 7) is 2.00. The van der Waals surface area contributed by atoms with E-state index < -0.39 is 23.5 Å². The number of carbonyl (C=O) groups is 2. The van der Waals surface area contributed by atoms with Crippen LogP contribution in [0.25, 0.3) is 43.6 Å². The molecule has 0 unspecified atom stereocenters. The second kappa shape index (κ2) is 13.9. The summed E-state index contributed by atoms with van der Waals surface area (Å²) in [5.74, 6) is -0.756. The van der Waals surface area contributed by atoms with Gasteiger partial charge in [-0.25, -0.2) is 9.97 Å². The topological polar surface area (TPSA) is 87.2 Å². The SMILES string of the molecule is CN(CCCNC(=O)c1cccc2cc3ccc(C(F)(F)F)cc3nc12)CCCNC(=O)c1cccc2cc3ccc(C(F)(F)F)cc3nc12. The summed E-state index contributed by atoms with van der Waals surface area (Å²) in [6.07, 6.45) is -7.77. The Morgan fingerprint density at radius 3 is 1.42 bits per heavy atom. The monoisotopic (exact) mass is 691 g/mol. The van der Waals surface area contributed by atoms with E-state index in [4.69, 9.17) is 0 Å². The van der Waals surface area contributed by atoms with E-state index in [0.29, 0.717) is 71.6 Å². The molecule has 6 rings (SSSR count). The van der Waals surface area contributed by atoms with Gasteiger partial charge in [-0.1, -0.05) is 36.4 Å². The van der Waals surface area contributed by atoms with Crippen LogP contribution < -0.4 is 10.6 Å². The minimum atomic E-state index is -4.51. The second-order valence-corrected chi connectivity index (χ2v) is 12.1. The molecule has 0 aliphatic carbocycles. The average Bonchev–Trinajstić information content (AvgIpc) is 3.08. The zero-order valence-electron chi connectivity index (χ0n) is 26.8. The van der Waals surface area contributed by atoms with Crippen LogP contribution in [0.15, 0.2) is 84.9 Å². The Morgan fingerprint density at radius 1 is 0.600 bits per heavy atom. The van der Waals surface area contributed by atoms with Gasteiger partial charge in [-0.3, -0.25) is 9.59 Å². The van der Waals surface area contributed by atoms with Crippen LogP contribution in [0.2, 0.25) is 0 Å². The molecule has 2 aromatic heterocycles. The molecule has 0 aliphatic rings. The molecule has 0 fully saturated rings. The van der Waals surface area contributed by atoms with Gasteiger partial charge >= 0.3 is 12.4 Å². The summed E-state index contributed by atoms with van der Waals surface area (Å²) in [6, 6.07) is 20.2. The van der Waals surface area contributed by atoms with Gasteiger partial charge in [0.25, 0.3) is 11.8 Å². The molecule has 13 heteroatoms. The maximum absolute atomic E-state index is 13.2. The van der Waals surface area contributed by atoms with Gasteiger partial charge in [0.1, 0.15) is 0 Å². The highest BCUT2D eigenvalue weighted by atomic mass is 19.4. The number of carbonyl (C=O) groups excluding carboxylic acids is 2. The highest BCUT2D eigenvalue weighted by Gasteiger charge is 2.31. The average molecular weight is 692 g/mol. The third kappa shape index (κ3) is 7.62. The molecule has 7 nitrogen and oxygen atoms in total. The zero-order valence-corrected chi connectivity index (χ0v) is 26.8. The molecule has 0 atom stereocenters. The quantitative estimate of drug-likeness (QED) is 0.0864. The fourth-order valence-electron chi connectivity index (χ4n) is 5.83. The van der Waals surface area contributed by atoms with E-state index >= 15 is 0 Å². The molecule has 0 spiro atoms. The maximum atomic E-state index is 13.2. The molecule has 4 aromatic carbocycles. The lowest BCUT2D eigenvalue weighted by atomic mass is 10.0. The lowest BCUT2D eigenvalue weighted by Crippen LogP contribution is -2.31. The van der Waals surface area contributed by atoms with Crippen molar-refractivity contribution in [2.45, 2.75) is 25.2 Å². The van der Waals surface area contributed by atoms with Gasteiger partial charge in [0.15, 0.2) is 0 Å². The van der Waals surface area contributed by atoms with Gasteiger partial charge in [0.2, 0.25) is 0 Å². The van der Waals surface area contributed by atoms with E-state index in [1.54, 1.807) is 48.5 Å². The largest absolute Gasteiger partial charge is 0.416 e. The van der Waals surface area contributed by atoms with Crippen LogP contribution in [0.4, 0.5) is 26.3 Å². The van der Waals surface area contributed by atoms with Gasteiger partial charge < -0.3 is 15.5 Å². The first-order chi connectivity index (χ1) is 23.8. The fraction of sp³-hybridized carbons (Fsp3) is 0.243. The molecule has 0 saturated carbocycles. The molecule has 6 aromatic rings. The van der Waals surface area contributed by atoms with E-state index in [1.165, 1.54) is 12.1 Å². The Bertz CT molecular complexity index is 2080. The normalized spacial score (nSPS) is 12.3. The van der Waals surface area contributed by atoms with Gasteiger partial charge in [-0.2, -0.15) is 26.3 Å². The van der Waals surface area contributed by atoms with Crippen LogP contribution in [0.5, 0.6) is 0 Å². The standard InChI is InChI=1S/C37H31F6N5O2/c1-48(16-4-14-44-34(49)28-8-2-6-24-18-22-10-12-26(36(38,39)40)20-30(22)46-32(24)28)17-5-15-45-35(50)29-9-3-7-25-19-23-11-13-27(37(41,42)43)21-31(23)47-33(25)29/h2-3,6-13,18-21H,4-5,14-17H2,1H3,(H,44,49)(H,45,50). The zero-order chi connectivity index (χ0) is 35.6. The lowest BCUT2D eigenvalue weighted by molar-refractivity contribution is -0.138. The van der Waals surface area contributed by atoms with Crippen LogP contribution in [0.3, 0.4) is 0 Å².